The number of pyridine rings is 1. The first-order valence-electron chi connectivity index (χ1n) is 12.2. The maximum Gasteiger partial charge on any atom is 0.252 e. The zero-order valence-corrected chi connectivity index (χ0v) is 21.1. The first-order valence-corrected chi connectivity index (χ1v) is 12.2. The Morgan fingerprint density at radius 3 is 2.42 bits per heavy atom. The van der Waals surface area contributed by atoms with Crippen molar-refractivity contribution in [1.82, 2.24) is 30.1 Å². The van der Waals surface area contributed by atoms with Gasteiger partial charge in [0.05, 0.1) is 11.6 Å². The van der Waals surface area contributed by atoms with Crippen molar-refractivity contribution in [2.75, 3.05) is 0 Å². The van der Waals surface area contributed by atoms with E-state index in [-0.39, 0.29) is 17.1 Å². The third-order valence-corrected chi connectivity index (χ3v) is 7.06. The van der Waals surface area contributed by atoms with Gasteiger partial charge in [0.25, 0.3) is 5.56 Å². The van der Waals surface area contributed by atoms with Crippen LogP contribution in [0.15, 0.2) is 23.0 Å². The number of aromatic nitrogens is 5. The molecule has 1 aliphatic carbocycles. The lowest BCUT2D eigenvalue weighted by molar-refractivity contribution is 0.0802. The fourth-order valence-electron chi connectivity index (χ4n) is 5.21. The normalized spacial score (nSPS) is 16.4. The van der Waals surface area contributed by atoms with Crippen molar-refractivity contribution >= 4 is 10.9 Å². The topological polar surface area (TPSA) is 79.7 Å². The molecule has 0 aliphatic heterocycles. The lowest BCUT2D eigenvalue weighted by atomic mass is 9.96. The van der Waals surface area contributed by atoms with Gasteiger partial charge in [-0.2, -0.15) is 0 Å². The number of hydrogen-bond acceptors (Lipinski definition) is 5. The molecule has 0 bridgehead atoms. The van der Waals surface area contributed by atoms with Gasteiger partial charge in [0.15, 0.2) is 5.82 Å². The minimum Gasteiger partial charge on any atom is -0.322 e. The van der Waals surface area contributed by atoms with E-state index >= 15 is 0 Å². The Balaban J connectivity index is 1.80. The Hall–Kier alpha value is -2.54. The summed E-state index contributed by atoms with van der Waals surface area (Å²) in [7, 11) is 0. The Kier molecular flexibility index (Phi) is 6.45. The summed E-state index contributed by atoms with van der Waals surface area (Å²) in [5.74, 6) is 1.18. The zero-order valence-electron chi connectivity index (χ0n) is 21.1. The number of nitrogens with zero attached hydrogens (tertiary/aromatic N) is 5. The van der Waals surface area contributed by atoms with Gasteiger partial charge in [0, 0.05) is 23.7 Å². The molecule has 1 saturated carbocycles. The fourth-order valence-corrected chi connectivity index (χ4v) is 5.21. The van der Waals surface area contributed by atoms with Gasteiger partial charge < -0.3 is 4.98 Å². The third-order valence-electron chi connectivity index (χ3n) is 7.06. The van der Waals surface area contributed by atoms with Gasteiger partial charge in [-0.3, -0.25) is 9.69 Å². The molecule has 1 aliphatic rings. The number of fused-ring (bicyclic) bond motifs is 1. The second-order valence-electron chi connectivity index (χ2n) is 11.1. The van der Waals surface area contributed by atoms with Crippen LogP contribution in [0.2, 0.25) is 0 Å². The molecular formula is C26H38N6O. The number of tetrazole rings is 1. The Labute approximate surface area is 196 Å². The smallest absolute Gasteiger partial charge is 0.252 e. The summed E-state index contributed by atoms with van der Waals surface area (Å²) in [5.41, 5.74) is 3.90. The highest BCUT2D eigenvalue weighted by Crippen LogP contribution is 2.37. The lowest BCUT2D eigenvalue weighted by Crippen LogP contribution is -2.42. The van der Waals surface area contributed by atoms with Crippen LogP contribution in [0.1, 0.15) is 88.9 Å². The average Bonchev–Trinajstić information content (AvgIpc) is 3.41. The summed E-state index contributed by atoms with van der Waals surface area (Å²) in [6.07, 6.45) is 4.74. The van der Waals surface area contributed by atoms with Gasteiger partial charge in [-0.05, 0) is 98.5 Å². The van der Waals surface area contributed by atoms with Crippen LogP contribution >= 0.6 is 0 Å². The molecule has 1 fully saturated rings. The van der Waals surface area contributed by atoms with Crippen LogP contribution in [0.3, 0.4) is 0 Å². The molecule has 178 valence electrons. The minimum atomic E-state index is -0.219. The second-order valence-corrected chi connectivity index (χ2v) is 11.1. The summed E-state index contributed by atoms with van der Waals surface area (Å²) in [5, 5.41) is 14.0. The monoisotopic (exact) mass is 450 g/mol. The number of aryl methyl sites for hydroxylation is 2. The van der Waals surface area contributed by atoms with Crippen molar-refractivity contribution in [3.8, 4) is 0 Å². The van der Waals surface area contributed by atoms with Gasteiger partial charge in [0.2, 0.25) is 0 Å². The van der Waals surface area contributed by atoms with E-state index in [1.165, 1.54) is 24.0 Å². The molecular weight excluding hydrogens is 412 g/mol. The molecule has 0 radical (unpaired) electrons. The van der Waals surface area contributed by atoms with E-state index in [1.54, 1.807) is 0 Å². The summed E-state index contributed by atoms with van der Waals surface area (Å²) in [6, 6.07) is 6.75. The van der Waals surface area contributed by atoms with Gasteiger partial charge in [-0.15, -0.1) is 5.10 Å². The average molecular weight is 451 g/mol. The highest BCUT2D eigenvalue weighted by atomic mass is 16.1. The molecule has 4 rings (SSSR count). The zero-order chi connectivity index (χ0) is 23.9. The molecule has 2 heterocycles. The molecule has 7 heteroatoms. The van der Waals surface area contributed by atoms with Gasteiger partial charge in [-0.25, -0.2) is 4.68 Å². The molecule has 0 saturated heterocycles. The van der Waals surface area contributed by atoms with Crippen LogP contribution in [0.25, 0.3) is 10.9 Å². The Bertz CT molecular complexity index is 1180. The van der Waals surface area contributed by atoms with Crippen LogP contribution < -0.4 is 5.56 Å². The lowest BCUT2D eigenvalue weighted by Gasteiger charge is -2.39. The van der Waals surface area contributed by atoms with Crippen LogP contribution in [0, 0.1) is 19.8 Å². The van der Waals surface area contributed by atoms with E-state index in [0.29, 0.717) is 18.5 Å². The van der Waals surface area contributed by atoms with Gasteiger partial charge in [0.1, 0.15) is 0 Å². The predicted octanol–water partition coefficient (Wildman–Crippen LogP) is 5.03. The molecule has 2 aromatic heterocycles. The number of hydrogen-bond donors (Lipinski definition) is 1. The quantitative estimate of drug-likeness (QED) is 0.570. The molecule has 1 unspecified atom stereocenters. The highest BCUT2D eigenvalue weighted by Gasteiger charge is 2.37. The van der Waals surface area contributed by atoms with Crippen LogP contribution in [-0.2, 0) is 12.1 Å². The summed E-state index contributed by atoms with van der Waals surface area (Å²) in [4.78, 5) is 18.8. The molecule has 0 spiro atoms. The standard InChI is InChI=1S/C26H38N6O/c1-16(2)23(24-28-29-30-32(24)26(5,6)7)31(21-10-8-9-11-21)15-20-14-19-12-17(3)18(4)13-22(19)27-25(20)33/h12-14,16,21,23H,8-11,15H2,1-7H3,(H,27,33). The van der Waals surface area contributed by atoms with E-state index in [1.807, 2.05) is 4.68 Å². The van der Waals surface area contributed by atoms with Crippen molar-refractivity contribution in [2.45, 2.75) is 98.3 Å². The molecule has 33 heavy (non-hydrogen) atoms. The first kappa shape index (κ1) is 23.6. The van der Waals surface area contributed by atoms with E-state index in [4.69, 9.17) is 0 Å². The molecule has 1 aromatic carbocycles. The van der Waals surface area contributed by atoms with Gasteiger partial charge in [-0.1, -0.05) is 26.7 Å². The summed E-state index contributed by atoms with van der Waals surface area (Å²) in [6.45, 7) is 15.6. The fraction of sp³-hybridized carbons (Fsp3) is 0.615. The van der Waals surface area contributed by atoms with Crippen molar-refractivity contribution in [1.29, 1.82) is 0 Å². The number of rotatable bonds is 6. The largest absolute Gasteiger partial charge is 0.322 e. The first-order chi connectivity index (χ1) is 15.6. The van der Waals surface area contributed by atoms with E-state index < -0.39 is 0 Å². The Morgan fingerprint density at radius 2 is 1.79 bits per heavy atom. The molecule has 7 nitrogen and oxygen atoms in total. The molecule has 1 atom stereocenters. The highest BCUT2D eigenvalue weighted by molar-refractivity contribution is 5.80. The Morgan fingerprint density at radius 1 is 1.12 bits per heavy atom. The van der Waals surface area contributed by atoms with E-state index in [2.05, 4.69) is 92.1 Å². The second kappa shape index (κ2) is 9.01. The predicted molar refractivity (Wildman–Crippen MR) is 132 cm³/mol. The van der Waals surface area contributed by atoms with Crippen LogP contribution in [0.5, 0.6) is 0 Å². The third kappa shape index (κ3) is 4.74. The van der Waals surface area contributed by atoms with Crippen molar-refractivity contribution < 1.29 is 0 Å². The number of nitrogens with one attached hydrogen (secondary N) is 1. The van der Waals surface area contributed by atoms with Crippen molar-refractivity contribution in [3.63, 3.8) is 0 Å². The number of H-pyrrole nitrogens is 1. The SMILES string of the molecule is Cc1cc2cc(CN(C3CCCC3)C(c3nnnn3C(C)(C)C)C(C)C)c(=O)[nH]c2cc1C. The van der Waals surface area contributed by atoms with Crippen LogP contribution in [0.4, 0.5) is 0 Å². The number of benzene rings is 1. The molecule has 0 amide bonds. The van der Waals surface area contributed by atoms with Gasteiger partial charge >= 0.3 is 0 Å². The molecule has 1 N–H and O–H groups in total. The number of aromatic amines is 1. The summed E-state index contributed by atoms with van der Waals surface area (Å²) < 4.78 is 1.95. The van der Waals surface area contributed by atoms with Crippen molar-refractivity contribution in [2.24, 2.45) is 5.92 Å². The minimum absolute atomic E-state index is 0.00771. The maximum atomic E-state index is 13.2. The molecule has 3 aromatic rings. The van der Waals surface area contributed by atoms with E-state index in [0.717, 1.165) is 35.1 Å². The maximum absolute atomic E-state index is 13.2. The van der Waals surface area contributed by atoms with Crippen molar-refractivity contribution in [3.05, 3.63) is 51.1 Å². The summed E-state index contributed by atoms with van der Waals surface area (Å²) >= 11 is 0. The van der Waals surface area contributed by atoms with E-state index in [9.17, 15) is 4.79 Å². The van der Waals surface area contributed by atoms with Crippen LogP contribution in [-0.4, -0.2) is 36.1 Å².